The van der Waals surface area contributed by atoms with Crippen molar-refractivity contribution < 1.29 is 36.4 Å². The standard InChI is InChI=1S/C26H36N8O8S2/c1-26(2)19(23(36)34(26)42-44(37,38)39)13-21(35)22(20-15-43-25(29)31-20)32-41-11-10-40-18-5-4-17-14-33(9-6-16(17)12-18)24(28)30-8-3-7-27/h4-5,12,15,19H,3,6-11,13-14,27H2,1-2H3,(H2,28,30)(H2,29,31)(H,37,38,39)/b32-22-/t19-/m1/s1. The molecule has 7 N–H and O–H groups in total. The van der Waals surface area contributed by atoms with E-state index >= 15 is 0 Å². The number of fused-ring (bicyclic) bond motifs is 1. The highest BCUT2D eigenvalue weighted by Gasteiger charge is 2.57. The third-order valence-corrected chi connectivity index (χ3v) is 8.22. The number of ether oxygens (including phenoxy) is 1. The summed E-state index contributed by atoms with van der Waals surface area (Å²) in [5.74, 6) is -1.15. The number of ketones is 1. The van der Waals surface area contributed by atoms with Crippen molar-refractivity contribution in [3.8, 4) is 5.75 Å². The van der Waals surface area contributed by atoms with Gasteiger partial charge in [-0.3, -0.25) is 19.1 Å². The largest absolute Gasteiger partial charge is 0.490 e. The molecule has 2 aliphatic heterocycles. The molecule has 1 fully saturated rings. The fourth-order valence-corrected chi connectivity index (χ4v) is 5.79. The third kappa shape index (κ3) is 8.00. The van der Waals surface area contributed by atoms with Crippen LogP contribution in [0.2, 0.25) is 0 Å². The summed E-state index contributed by atoms with van der Waals surface area (Å²) in [6.45, 7) is 5.68. The van der Waals surface area contributed by atoms with E-state index in [4.69, 9.17) is 31.3 Å². The molecular formula is C26H36N8O8S2. The van der Waals surface area contributed by atoms with E-state index in [2.05, 4.69) is 19.4 Å². The molecule has 0 spiro atoms. The Labute approximate surface area is 258 Å². The second kappa shape index (κ2) is 13.9. The number of amides is 1. The second-order valence-corrected chi connectivity index (χ2v) is 12.5. The van der Waals surface area contributed by atoms with Crippen molar-refractivity contribution >= 4 is 50.2 Å². The van der Waals surface area contributed by atoms with Crippen LogP contribution in [0.5, 0.6) is 5.75 Å². The number of thiazole rings is 1. The predicted molar refractivity (Wildman–Crippen MR) is 162 cm³/mol. The fourth-order valence-electron chi connectivity index (χ4n) is 4.79. The van der Waals surface area contributed by atoms with Crippen molar-refractivity contribution in [2.45, 2.75) is 45.2 Å². The van der Waals surface area contributed by atoms with E-state index in [-0.39, 0.29) is 36.2 Å². The van der Waals surface area contributed by atoms with Gasteiger partial charge in [0.15, 0.2) is 29.2 Å². The minimum Gasteiger partial charge on any atom is -0.490 e. The van der Waals surface area contributed by atoms with Crippen LogP contribution in [-0.4, -0.2) is 89.7 Å². The van der Waals surface area contributed by atoms with Crippen LogP contribution in [0.1, 0.15) is 43.5 Å². The minimum atomic E-state index is -4.92. The van der Waals surface area contributed by atoms with Crippen molar-refractivity contribution in [2.24, 2.45) is 27.5 Å². The Morgan fingerprint density at radius 3 is 2.70 bits per heavy atom. The Bertz CT molecular complexity index is 1540. The number of nitrogen functional groups attached to an aromatic ring is 1. The molecule has 0 bridgehead atoms. The van der Waals surface area contributed by atoms with Gasteiger partial charge in [0, 0.05) is 31.4 Å². The van der Waals surface area contributed by atoms with Gasteiger partial charge in [-0.25, -0.2) is 4.98 Å². The monoisotopic (exact) mass is 652 g/mol. The second-order valence-electron chi connectivity index (χ2n) is 10.6. The van der Waals surface area contributed by atoms with Crippen molar-refractivity contribution in [3.05, 3.63) is 40.4 Å². The quantitative estimate of drug-likeness (QED) is 0.0543. The lowest BCUT2D eigenvalue weighted by atomic mass is 9.74. The van der Waals surface area contributed by atoms with Crippen LogP contribution in [0.4, 0.5) is 5.13 Å². The molecule has 0 radical (unpaired) electrons. The molecule has 1 aromatic carbocycles. The van der Waals surface area contributed by atoms with Crippen LogP contribution in [0.25, 0.3) is 0 Å². The number of rotatable bonds is 14. The van der Waals surface area contributed by atoms with Gasteiger partial charge >= 0.3 is 10.4 Å². The number of nitrogens with zero attached hydrogens (tertiary/aromatic N) is 5. The summed E-state index contributed by atoms with van der Waals surface area (Å²) in [6.07, 6.45) is 1.22. The number of β-lactam (4-membered cyclic amide) rings is 1. The SMILES string of the molecule is CC1(C)[C@H](CC(=O)/C(=N\OCCOc2ccc3c(c2)CCN(C(N)=NCCCN)C3)c2csc(N)n2)C(=O)N1OS(=O)(=O)O. The van der Waals surface area contributed by atoms with Gasteiger partial charge in [0.2, 0.25) is 0 Å². The zero-order chi connectivity index (χ0) is 32.1. The molecule has 240 valence electrons. The number of nitrogens with two attached hydrogens (primary N) is 3. The van der Waals surface area contributed by atoms with Gasteiger partial charge in [-0.1, -0.05) is 11.2 Å². The van der Waals surface area contributed by atoms with Gasteiger partial charge in [-0.15, -0.1) is 15.6 Å². The van der Waals surface area contributed by atoms with Gasteiger partial charge < -0.3 is 31.7 Å². The summed E-state index contributed by atoms with van der Waals surface area (Å²) >= 11 is 1.10. The molecular weight excluding hydrogens is 616 g/mol. The third-order valence-electron chi connectivity index (χ3n) is 7.21. The van der Waals surface area contributed by atoms with Crippen LogP contribution in [0.15, 0.2) is 33.7 Å². The maximum atomic E-state index is 13.2. The molecule has 3 heterocycles. The highest BCUT2D eigenvalue weighted by Crippen LogP contribution is 2.40. The molecule has 0 unspecified atom stereocenters. The normalized spacial score (nSPS) is 18.5. The molecule has 16 nitrogen and oxygen atoms in total. The van der Waals surface area contributed by atoms with Gasteiger partial charge in [0.1, 0.15) is 18.1 Å². The first-order valence-corrected chi connectivity index (χ1v) is 16.0. The number of guanidine groups is 1. The number of hydroxylamine groups is 2. The number of aliphatic imine (C=N–C) groups is 1. The summed E-state index contributed by atoms with van der Waals surface area (Å²) in [7, 11) is -4.92. The molecule has 1 saturated heterocycles. The molecule has 0 saturated carbocycles. The number of hydrogen-bond acceptors (Lipinski definition) is 13. The van der Waals surface area contributed by atoms with Gasteiger partial charge in [0.05, 0.1) is 11.5 Å². The first kappa shape index (κ1) is 33.1. The number of anilines is 1. The van der Waals surface area contributed by atoms with Gasteiger partial charge in [0.25, 0.3) is 5.91 Å². The fraction of sp³-hybridized carbons (Fsp3) is 0.500. The van der Waals surface area contributed by atoms with Crippen LogP contribution < -0.4 is 21.9 Å². The Kier molecular flexibility index (Phi) is 10.4. The lowest BCUT2D eigenvalue weighted by Gasteiger charge is -2.50. The number of hydrogen-bond donors (Lipinski definition) is 4. The number of carbonyl (C=O) groups is 2. The van der Waals surface area contributed by atoms with Gasteiger partial charge in [-0.2, -0.15) is 13.5 Å². The minimum absolute atomic E-state index is 0.000882. The molecule has 4 rings (SSSR count). The Hall–Kier alpha value is -3.84. The van der Waals surface area contributed by atoms with Crippen LogP contribution in [0, 0.1) is 5.92 Å². The summed E-state index contributed by atoms with van der Waals surface area (Å²) in [5.41, 5.74) is 18.5. The van der Waals surface area contributed by atoms with Crippen molar-refractivity contribution in [3.63, 3.8) is 0 Å². The summed E-state index contributed by atoms with van der Waals surface area (Å²) in [6, 6.07) is 5.81. The van der Waals surface area contributed by atoms with E-state index in [1.807, 2.05) is 23.1 Å². The molecule has 1 atom stereocenters. The molecule has 2 aliphatic rings. The van der Waals surface area contributed by atoms with Gasteiger partial charge in [-0.05, 0) is 56.5 Å². The number of Topliss-reactive ketones (excluding diaryl/α,β-unsaturated/α-hetero) is 1. The molecule has 44 heavy (non-hydrogen) atoms. The van der Waals surface area contributed by atoms with E-state index in [9.17, 15) is 18.0 Å². The zero-order valence-corrected chi connectivity index (χ0v) is 26.0. The highest BCUT2D eigenvalue weighted by atomic mass is 32.3. The highest BCUT2D eigenvalue weighted by molar-refractivity contribution is 7.80. The van der Waals surface area contributed by atoms with Crippen LogP contribution in [-0.2, 0) is 42.1 Å². The maximum absolute atomic E-state index is 13.2. The van der Waals surface area contributed by atoms with E-state index in [1.54, 1.807) is 0 Å². The summed E-state index contributed by atoms with van der Waals surface area (Å²) in [5, 5.41) is 6.21. The van der Waals surface area contributed by atoms with Crippen molar-refractivity contribution in [2.75, 3.05) is 38.6 Å². The van der Waals surface area contributed by atoms with Crippen LogP contribution >= 0.6 is 11.3 Å². The average Bonchev–Trinajstić information content (AvgIpc) is 3.41. The van der Waals surface area contributed by atoms with Crippen molar-refractivity contribution in [1.29, 1.82) is 0 Å². The first-order chi connectivity index (χ1) is 20.8. The molecule has 0 aliphatic carbocycles. The smallest absolute Gasteiger partial charge is 0.418 e. The Balaban J connectivity index is 1.33. The maximum Gasteiger partial charge on any atom is 0.418 e. The number of aromatic nitrogens is 1. The summed E-state index contributed by atoms with van der Waals surface area (Å²) < 4.78 is 41.3. The summed E-state index contributed by atoms with van der Waals surface area (Å²) in [4.78, 5) is 41.6. The first-order valence-electron chi connectivity index (χ1n) is 13.7. The number of oxime groups is 1. The topological polar surface area (TPSA) is 238 Å². The Morgan fingerprint density at radius 1 is 1.27 bits per heavy atom. The molecule has 2 aromatic rings. The molecule has 18 heteroatoms. The number of carbonyl (C=O) groups excluding carboxylic acids is 2. The van der Waals surface area contributed by atoms with E-state index in [1.165, 1.54) is 19.2 Å². The lowest BCUT2D eigenvalue weighted by molar-refractivity contribution is -0.228. The Morgan fingerprint density at radius 2 is 2.05 bits per heavy atom. The molecule has 1 aromatic heterocycles. The van der Waals surface area contributed by atoms with E-state index in [0.717, 1.165) is 41.9 Å². The van der Waals surface area contributed by atoms with E-state index < -0.39 is 33.5 Å². The zero-order valence-electron chi connectivity index (χ0n) is 24.3. The average molecular weight is 653 g/mol. The molecule has 1 amide bonds. The van der Waals surface area contributed by atoms with E-state index in [0.29, 0.717) is 36.4 Å². The van der Waals surface area contributed by atoms with Crippen LogP contribution in [0.3, 0.4) is 0 Å². The lowest BCUT2D eigenvalue weighted by Crippen LogP contribution is -2.68. The predicted octanol–water partition coefficient (Wildman–Crippen LogP) is 0.477. The van der Waals surface area contributed by atoms with Crippen molar-refractivity contribution in [1.82, 2.24) is 14.9 Å². The number of benzene rings is 1.